The minimum Gasteiger partial charge on any atom is -0.510 e. The molecule has 3 N–H and O–H groups in total. The molecule has 5 heteroatoms. The van der Waals surface area contributed by atoms with Gasteiger partial charge in [0.05, 0.1) is 13.2 Å². The van der Waals surface area contributed by atoms with E-state index in [9.17, 15) is 10.2 Å². The molecule has 3 unspecified atom stereocenters. The number of allylic oxidation sites excluding steroid dienone is 2. The highest BCUT2D eigenvalue weighted by Gasteiger charge is 2.31. The van der Waals surface area contributed by atoms with Crippen molar-refractivity contribution in [3.05, 3.63) is 24.0 Å². The molecule has 1 aliphatic heterocycles. The Balaban J connectivity index is 1.86. The highest BCUT2D eigenvalue weighted by molar-refractivity contribution is 5.06. The number of ether oxygens (including phenoxy) is 2. The predicted molar refractivity (Wildman–Crippen MR) is 118 cm³/mol. The third-order valence-corrected chi connectivity index (χ3v) is 5.39. The van der Waals surface area contributed by atoms with Gasteiger partial charge in [-0.1, -0.05) is 76.9 Å². The molecule has 0 aromatic carbocycles. The molecule has 0 saturated carbocycles. The molecule has 0 aromatic rings. The van der Waals surface area contributed by atoms with Gasteiger partial charge in [0.2, 0.25) is 0 Å². The lowest BCUT2D eigenvalue weighted by Crippen LogP contribution is -2.41. The molecule has 0 aromatic heterocycles. The standard InChI is InChI=1S/C24H44O5/c1-2-3-4-5-6-7-8-9-10-11-12-13-14-15-16-17-18-28-23-19-21(26)24(27)22(20-25)29-23/h9-10,19,22-27H,2-8,11-18,20H2,1H3/b10-9-. The van der Waals surface area contributed by atoms with Gasteiger partial charge in [-0.05, 0) is 32.1 Å². The van der Waals surface area contributed by atoms with Crippen LogP contribution < -0.4 is 0 Å². The highest BCUT2D eigenvalue weighted by Crippen LogP contribution is 2.19. The van der Waals surface area contributed by atoms with E-state index < -0.39 is 18.5 Å². The Morgan fingerprint density at radius 2 is 1.45 bits per heavy atom. The third kappa shape index (κ3) is 13.1. The molecule has 3 atom stereocenters. The molecule has 0 fully saturated rings. The molecule has 0 aliphatic carbocycles. The first-order valence-electron chi connectivity index (χ1n) is 11.8. The summed E-state index contributed by atoms with van der Waals surface area (Å²) in [7, 11) is 0. The molecule has 1 heterocycles. The summed E-state index contributed by atoms with van der Waals surface area (Å²) < 4.78 is 10.9. The summed E-state index contributed by atoms with van der Waals surface area (Å²) in [6.07, 6.45) is 21.1. The molecule has 5 nitrogen and oxygen atoms in total. The number of aliphatic hydroxyl groups excluding tert-OH is 3. The van der Waals surface area contributed by atoms with E-state index in [2.05, 4.69) is 19.1 Å². The second kappa shape index (κ2) is 17.9. The van der Waals surface area contributed by atoms with Crippen LogP contribution in [-0.2, 0) is 9.47 Å². The average Bonchev–Trinajstić information content (AvgIpc) is 2.72. The largest absolute Gasteiger partial charge is 0.510 e. The Hall–Kier alpha value is -0.880. The van der Waals surface area contributed by atoms with Gasteiger partial charge in [-0.2, -0.15) is 0 Å². The Kier molecular flexibility index (Phi) is 16.2. The molecular formula is C24H44O5. The number of aliphatic hydroxyl groups is 3. The van der Waals surface area contributed by atoms with Gasteiger partial charge in [0, 0.05) is 6.08 Å². The van der Waals surface area contributed by atoms with Crippen molar-refractivity contribution < 1.29 is 24.8 Å². The molecule has 1 rings (SSSR count). The van der Waals surface area contributed by atoms with Crippen molar-refractivity contribution in [3.8, 4) is 0 Å². The SMILES string of the molecule is CCCCCCCC/C=C\CCCCCCCCOC1C=C(O)C(O)C(CO)O1. The fourth-order valence-corrected chi connectivity index (χ4v) is 3.49. The van der Waals surface area contributed by atoms with E-state index in [1.807, 2.05) is 0 Å². The Morgan fingerprint density at radius 1 is 0.897 bits per heavy atom. The normalized spacial score (nSPS) is 22.3. The van der Waals surface area contributed by atoms with Gasteiger partial charge >= 0.3 is 0 Å². The summed E-state index contributed by atoms with van der Waals surface area (Å²) in [5.74, 6) is -0.193. The zero-order valence-corrected chi connectivity index (χ0v) is 18.4. The van der Waals surface area contributed by atoms with Gasteiger partial charge in [-0.25, -0.2) is 0 Å². The maximum atomic E-state index is 9.63. The Bertz CT molecular complexity index is 435. The van der Waals surface area contributed by atoms with Gasteiger partial charge in [0.25, 0.3) is 0 Å². The van der Waals surface area contributed by atoms with Crippen molar-refractivity contribution >= 4 is 0 Å². The van der Waals surface area contributed by atoms with Gasteiger partial charge in [0.1, 0.15) is 18.0 Å². The monoisotopic (exact) mass is 412 g/mol. The maximum Gasteiger partial charge on any atom is 0.180 e. The smallest absolute Gasteiger partial charge is 0.180 e. The zero-order chi connectivity index (χ0) is 21.2. The second-order valence-electron chi connectivity index (χ2n) is 8.07. The molecular weight excluding hydrogens is 368 g/mol. The van der Waals surface area contributed by atoms with Crippen LogP contribution in [-0.4, -0.2) is 47.0 Å². The van der Waals surface area contributed by atoms with Crippen molar-refractivity contribution in [2.45, 2.75) is 115 Å². The van der Waals surface area contributed by atoms with E-state index in [1.54, 1.807) is 0 Å². The van der Waals surface area contributed by atoms with E-state index in [0.29, 0.717) is 6.61 Å². The van der Waals surface area contributed by atoms with E-state index >= 15 is 0 Å². The quantitative estimate of drug-likeness (QED) is 0.203. The summed E-state index contributed by atoms with van der Waals surface area (Å²) in [6, 6.07) is 0. The fraction of sp³-hybridized carbons (Fsp3) is 0.833. The van der Waals surface area contributed by atoms with Crippen LogP contribution in [0.1, 0.15) is 96.8 Å². The average molecular weight is 413 g/mol. The van der Waals surface area contributed by atoms with E-state index in [1.165, 1.54) is 83.1 Å². The third-order valence-electron chi connectivity index (χ3n) is 5.39. The van der Waals surface area contributed by atoms with E-state index in [4.69, 9.17) is 14.6 Å². The predicted octanol–water partition coefficient (Wildman–Crippen LogP) is 5.56. The first-order chi connectivity index (χ1) is 14.2. The summed E-state index contributed by atoms with van der Waals surface area (Å²) >= 11 is 0. The zero-order valence-electron chi connectivity index (χ0n) is 18.4. The van der Waals surface area contributed by atoms with E-state index in [-0.39, 0.29) is 12.4 Å². The topological polar surface area (TPSA) is 79.2 Å². The van der Waals surface area contributed by atoms with Crippen LogP contribution in [0.3, 0.4) is 0 Å². The van der Waals surface area contributed by atoms with Crippen LogP contribution in [0.25, 0.3) is 0 Å². The minimum absolute atomic E-state index is 0.193. The molecule has 0 bridgehead atoms. The number of unbranched alkanes of at least 4 members (excludes halogenated alkanes) is 12. The lowest BCUT2D eigenvalue weighted by molar-refractivity contribution is -0.189. The van der Waals surface area contributed by atoms with Crippen LogP contribution >= 0.6 is 0 Å². The first-order valence-corrected chi connectivity index (χ1v) is 11.8. The summed E-state index contributed by atoms with van der Waals surface area (Å²) in [5, 5.41) is 28.4. The van der Waals surface area contributed by atoms with E-state index in [0.717, 1.165) is 12.8 Å². The van der Waals surface area contributed by atoms with Crippen LogP contribution in [0.5, 0.6) is 0 Å². The second-order valence-corrected chi connectivity index (χ2v) is 8.07. The molecule has 0 amide bonds. The van der Waals surface area contributed by atoms with Crippen LogP contribution in [0.4, 0.5) is 0 Å². The summed E-state index contributed by atoms with van der Waals surface area (Å²) in [6.45, 7) is 2.45. The maximum absolute atomic E-state index is 9.63. The lowest BCUT2D eigenvalue weighted by atomic mass is 10.1. The Labute approximate surface area is 177 Å². The summed E-state index contributed by atoms with van der Waals surface area (Å²) in [5.41, 5.74) is 0. The molecule has 0 radical (unpaired) electrons. The molecule has 170 valence electrons. The molecule has 1 aliphatic rings. The van der Waals surface area contributed by atoms with Crippen molar-refractivity contribution in [2.24, 2.45) is 0 Å². The number of hydrogen-bond donors (Lipinski definition) is 3. The van der Waals surface area contributed by atoms with Crippen molar-refractivity contribution in [3.63, 3.8) is 0 Å². The number of rotatable bonds is 18. The lowest BCUT2D eigenvalue weighted by Gasteiger charge is -2.29. The van der Waals surface area contributed by atoms with Crippen LogP contribution in [0, 0.1) is 0 Å². The van der Waals surface area contributed by atoms with Crippen molar-refractivity contribution in [2.75, 3.05) is 13.2 Å². The molecule has 0 spiro atoms. The fourth-order valence-electron chi connectivity index (χ4n) is 3.49. The Morgan fingerprint density at radius 3 is 2.03 bits per heavy atom. The number of hydrogen-bond acceptors (Lipinski definition) is 5. The molecule has 0 saturated heterocycles. The van der Waals surface area contributed by atoms with Crippen LogP contribution in [0.15, 0.2) is 24.0 Å². The van der Waals surface area contributed by atoms with Gasteiger partial charge < -0.3 is 24.8 Å². The first kappa shape index (κ1) is 26.2. The van der Waals surface area contributed by atoms with Crippen molar-refractivity contribution in [1.29, 1.82) is 0 Å². The van der Waals surface area contributed by atoms with Crippen molar-refractivity contribution in [1.82, 2.24) is 0 Å². The van der Waals surface area contributed by atoms with Gasteiger partial charge in [-0.15, -0.1) is 0 Å². The van der Waals surface area contributed by atoms with Gasteiger partial charge in [0.15, 0.2) is 6.29 Å². The van der Waals surface area contributed by atoms with Gasteiger partial charge in [-0.3, -0.25) is 0 Å². The van der Waals surface area contributed by atoms with Crippen LogP contribution in [0.2, 0.25) is 0 Å². The summed E-state index contributed by atoms with van der Waals surface area (Å²) in [4.78, 5) is 0. The highest BCUT2D eigenvalue weighted by atomic mass is 16.7. The minimum atomic E-state index is -1.18. The molecule has 29 heavy (non-hydrogen) atoms.